The van der Waals surface area contributed by atoms with Crippen molar-refractivity contribution in [3.05, 3.63) is 0 Å². The third-order valence-electron chi connectivity index (χ3n) is 4.64. The van der Waals surface area contributed by atoms with Gasteiger partial charge in [-0.15, -0.1) is 0 Å². The zero-order chi connectivity index (χ0) is 12.1. The van der Waals surface area contributed by atoms with Gasteiger partial charge in [0.05, 0.1) is 0 Å². The Morgan fingerprint density at radius 2 is 1.40 bits per heavy atom. The number of hydrogen-bond donors (Lipinski definition) is 1. The van der Waals surface area contributed by atoms with E-state index in [1.165, 1.54) is 12.8 Å². The van der Waals surface area contributed by atoms with Crippen LogP contribution in [-0.4, -0.2) is 6.04 Å². The van der Waals surface area contributed by atoms with E-state index in [1.807, 2.05) is 0 Å². The van der Waals surface area contributed by atoms with Gasteiger partial charge in [0.2, 0.25) is 0 Å². The molecular formula is C14H29N. The lowest BCUT2D eigenvalue weighted by Gasteiger charge is -2.54. The van der Waals surface area contributed by atoms with Gasteiger partial charge in [-0.1, -0.05) is 48.5 Å². The second-order valence-corrected chi connectivity index (χ2v) is 7.62. The maximum Gasteiger partial charge on any atom is 0.0108 e. The minimum absolute atomic E-state index is 0.277. The summed E-state index contributed by atoms with van der Waals surface area (Å²) in [6, 6.07) is 0.354. The zero-order valence-electron chi connectivity index (χ0n) is 11.6. The van der Waals surface area contributed by atoms with Crippen molar-refractivity contribution in [3.63, 3.8) is 0 Å². The van der Waals surface area contributed by atoms with Crippen LogP contribution in [-0.2, 0) is 0 Å². The molecule has 1 unspecified atom stereocenters. The minimum Gasteiger partial charge on any atom is -0.327 e. The van der Waals surface area contributed by atoms with Crippen molar-refractivity contribution in [2.24, 2.45) is 27.9 Å². The molecule has 15 heavy (non-hydrogen) atoms. The van der Waals surface area contributed by atoms with Gasteiger partial charge < -0.3 is 5.73 Å². The normalized spacial score (nSPS) is 32.0. The number of nitrogens with two attached hydrogens (primary N) is 1. The number of hydrogen-bond acceptors (Lipinski definition) is 1. The molecule has 1 aliphatic carbocycles. The van der Waals surface area contributed by atoms with Crippen LogP contribution in [0.15, 0.2) is 0 Å². The van der Waals surface area contributed by atoms with Crippen LogP contribution in [0.4, 0.5) is 0 Å². The van der Waals surface area contributed by atoms with Crippen LogP contribution in [0, 0.1) is 22.2 Å². The van der Waals surface area contributed by atoms with E-state index < -0.39 is 0 Å². The molecule has 90 valence electrons. The molecule has 1 fully saturated rings. The van der Waals surface area contributed by atoms with Crippen LogP contribution < -0.4 is 5.73 Å². The molecule has 1 aliphatic rings. The summed E-state index contributed by atoms with van der Waals surface area (Å²) in [5.41, 5.74) is 7.33. The highest BCUT2D eigenvalue weighted by molar-refractivity contribution is 5.09. The third kappa shape index (κ3) is 1.84. The molecule has 0 heterocycles. The molecule has 0 radical (unpaired) electrons. The van der Waals surface area contributed by atoms with Crippen LogP contribution >= 0.6 is 0 Å². The SMILES string of the molecule is CC1C[C@@H](N)C(C(C)(C)C)(C(C)(C)C)C1. The molecule has 1 nitrogen and oxygen atoms in total. The molecular weight excluding hydrogens is 182 g/mol. The van der Waals surface area contributed by atoms with E-state index in [0.717, 1.165) is 5.92 Å². The zero-order valence-corrected chi connectivity index (χ0v) is 11.6. The van der Waals surface area contributed by atoms with E-state index in [0.29, 0.717) is 6.04 Å². The minimum atomic E-state index is 0.277. The van der Waals surface area contributed by atoms with Crippen LogP contribution in [0.2, 0.25) is 0 Å². The quantitative estimate of drug-likeness (QED) is 0.647. The van der Waals surface area contributed by atoms with E-state index in [1.54, 1.807) is 0 Å². The first-order valence-electron chi connectivity index (χ1n) is 6.28. The van der Waals surface area contributed by atoms with Crippen molar-refractivity contribution in [1.82, 2.24) is 0 Å². The average molecular weight is 211 g/mol. The van der Waals surface area contributed by atoms with Crippen molar-refractivity contribution in [2.75, 3.05) is 0 Å². The maximum atomic E-state index is 6.48. The predicted molar refractivity (Wildman–Crippen MR) is 67.7 cm³/mol. The van der Waals surface area contributed by atoms with Gasteiger partial charge in [0.25, 0.3) is 0 Å². The first kappa shape index (κ1) is 13.0. The maximum absolute atomic E-state index is 6.48. The average Bonchev–Trinajstić information content (AvgIpc) is 2.23. The number of rotatable bonds is 0. The molecule has 1 rings (SSSR count). The first-order valence-corrected chi connectivity index (χ1v) is 6.28. The lowest BCUT2D eigenvalue weighted by atomic mass is 9.51. The first-order chi connectivity index (χ1) is 6.52. The van der Waals surface area contributed by atoms with Gasteiger partial charge in [0, 0.05) is 6.04 Å². The highest BCUT2D eigenvalue weighted by Gasteiger charge is 2.57. The van der Waals surface area contributed by atoms with Gasteiger partial charge in [-0.2, -0.15) is 0 Å². The fourth-order valence-corrected chi connectivity index (χ4v) is 4.27. The molecule has 1 saturated carbocycles. The Bertz CT molecular complexity index is 215. The summed E-state index contributed by atoms with van der Waals surface area (Å²) in [6.45, 7) is 16.5. The van der Waals surface area contributed by atoms with Crippen molar-refractivity contribution >= 4 is 0 Å². The molecule has 0 bridgehead atoms. The van der Waals surface area contributed by atoms with E-state index in [2.05, 4.69) is 48.5 Å². The second kappa shape index (κ2) is 3.48. The summed E-state index contributed by atoms with van der Waals surface area (Å²) in [6.07, 6.45) is 2.47. The van der Waals surface area contributed by atoms with Crippen LogP contribution in [0.5, 0.6) is 0 Å². The summed E-state index contributed by atoms with van der Waals surface area (Å²) in [7, 11) is 0. The van der Waals surface area contributed by atoms with Crippen molar-refractivity contribution in [1.29, 1.82) is 0 Å². The molecule has 0 aromatic carbocycles. The van der Waals surface area contributed by atoms with Crippen LogP contribution in [0.25, 0.3) is 0 Å². The van der Waals surface area contributed by atoms with Gasteiger partial charge in [-0.05, 0) is 35.0 Å². The Kier molecular flexibility index (Phi) is 3.02. The molecule has 2 atom stereocenters. The monoisotopic (exact) mass is 211 g/mol. The van der Waals surface area contributed by atoms with E-state index in [4.69, 9.17) is 5.73 Å². The Labute approximate surface area is 95.8 Å². The van der Waals surface area contributed by atoms with E-state index >= 15 is 0 Å². The Morgan fingerprint density at radius 1 is 1.00 bits per heavy atom. The Balaban J connectivity index is 3.21. The van der Waals surface area contributed by atoms with Crippen molar-refractivity contribution < 1.29 is 0 Å². The summed E-state index contributed by atoms with van der Waals surface area (Å²) in [4.78, 5) is 0. The van der Waals surface area contributed by atoms with Gasteiger partial charge in [0.1, 0.15) is 0 Å². The van der Waals surface area contributed by atoms with E-state index in [-0.39, 0.29) is 16.2 Å². The Morgan fingerprint density at radius 3 is 1.53 bits per heavy atom. The molecule has 0 saturated heterocycles. The van der Waals surface area contributed by atoms with Crippen LogP contribution in [0.1, 0.15) is 61.3 Å². The fraction of sp³-hybridized carbons (Fsp3) is 1.00. The lowest BCUT2D eigenvalue weighted by molar-refractivity contribution is -0.0418. The smallest absolute Gasteiger partial charge is 0.0108 e. The predicted octanol–water partition coefficient (Wildman–Crippen LogP) is 3.82. The van der Waals surface area contributed by atoms with Crippen molar-refractivity contribution in [2.45, 2.75) is 67.3 Å². The summed E-state index contributed by atoms with van der Waals surface area (Å²) < 4.78 is 0. The molecule has 0 aliphatic heterocycles. The lowest BCUT2D eigenvalue weighted by Crippen LogP contribution is -2.54. The second-order valence-electron chi connectivity index (χ2n) is 7.62. The molecule has 1 heteroatoms. The van der Waals surface area contributed by atoms with E-state index in [9.17, 15) is 0 Å². The third-order valence-corrected chi connectivity index (χ3v) is 4.64. The molecule has 2 N–H and O–H groups in total. The summed E-state index contributed by atoms with van der Waals surface area (Å²) in [5.74, 6) is 0.776. The molecule has 0 aromatic rings. The van der Waals surface area contributed by atoms with Crippen molar-refractivity contribution in [3.8, 4) is 0 Å². The largest absolute Gasteiger partial charge is 0.327 e. The molecule has 0 aromatic heterocycles. The Hall–Kier alpha value is -0.0400. The van der Waals surface area contributed by atoms with Gasteiger partial charge in [0.15, 0.2) is 0 Å². The highest BCUT2D eigenvalue weighted by Crippen LogP contribution is 2.61. The topological polar surface area (TPSA) is 26.0 Å². The van der Waals surface area contributed by atoms with Gasteiger partial charge in [-0.25, -0.2) is 0 Å². The molecule has 0 spiro atoms. The highest BCUT2D eigenvalue weighted by atomic mass is 14.8. The molecule has 0 amide bonds. The summed E-state index contributed by atoms with van der Waals surface area (Å²) >= 11 is 0. The van der Waals surface area contributed by atoms with Gasteiger partial charge >= 0.3 is 0 Å². The van der Waals surface area contributed by atoms with Crippen LogP contribution in [0.3, 0.4) is 0 Å². The summed E-state index contributed by atoms with van der Waals surface area (Å²) in [5, 5.41) is 0. The standard InChI is InChI=1S/C14H29N/c1-10-8-11(15)14(9-10,12(2,3)4)13(5,6)7/h10-11H,8-9,15H2,1-7H3/t10?,11-/m1/s1. The van der Waals surface area contributed by atoms with Gasteiger partial charge in [-0.3, -0.25) is 0 Å². The fourth-order valence-electron chi connectivity index (χ4n) is 4.27.